The first-order valence-electron chi connectivity index (χ1n) is 10.7. The van der Waals surface area contributed by atoms with Crippen molar-refractivity contribution in [1.82, 2.24) is 19.3 Å². The summed E-state index contributed by atoms with van der Waals surface area (Å²) in [7, 11) is -2.00. The molecule has 3 N–H and O–H groups in total. The highest BCUT2D eigenvalue weighted by molar-refractivity contribution is 7.89. The number of hydrogen-bond donors (Lipinski definition) is 2. The monoisotopic (exact) mass is 487 g/mol. The number of methoxy groups -OCH3 is 1. The molecule has 33 heavy (non-hydrogen) atoms. The van der Waals surface area contributed by atoms with Crippen LogP contribution in [0.1, 0.15) is 18.7 Å². The van der Waals surface area contributed by atoms with Crippen LogP contribution in [0, 0.1) is 0 Å². The van der Waals surface area contributed by atoms with Crippen LogP contribution in [-0.2, 0) is 27.7 Å². The molecule has 0 atom stereocenters. The lowest BCUT2D eigenvalue weighted by Gasteiger charge is -2.12. The zero-order valence-electron chi connectivity index (χ0n) is 18.3. The molecule has 2 aromatic carbocycles. The summed E-state index contributed by atoms with van der Waals surface area (Å²) in [6.45, 7) is 1.50. The Hall–Kier alpha value is -2.72. The Labute approximate surface area is 197 Å². The van der Waals surface area contributed by atoms with Gasteiger partial charge in [-0.2, -0.15) is 0 Å². The van der Waals surface area contributed by atoms with Crippen molar-refractivity contribution in [3.8, 4) is 0 Å². The fourth-order valence-corrected chi connectivity index (χ4v) is 5.46. The SMILES string of the molecule is COCCc1nc2c(N)nc3ccccc3c2n1CCCCNS(=O)(=O)c1ccccc1Cl. The first-order valence-corrected chi connectivity index (χ1v) is 12.5. The van der Waals surface area contributed by atoms with E-state index in [1.807, 2.05) is 24.3 Å². The average Bonchev–Trinajstić information content (AvgIpc) is 3.17. The maximum Gasteiger partial charge on any atom is 0.242 e. The Kier molecular flexibility index (Phi) is 7.14. The smallest absolute Gasteiger partial charge is 0.242 e. The molecular formula is C23H26ClN5O3S. The van der Waals surface area contributed by atoms with Crippen molar-refractivity contribution in [2.24, 2.45) is 0 Å². The number of rotatable bonds is 10. The fraction of sp³-hybridized carbons (Fsp3) is 0.304. The second-order valence-electron chi connectivity index (χ2n) is 7.67. The molecule has 4 aromatic rings. The zero-order chi connectivity index (χ0) is 23.4. The second-order valence-corrected chi connectivity index (χ2v) is 9.81. The Morgan fingerprint density at radius 2 is 1.85 bits per heavy atom. The molecule has 8 nitrogen and oxygen atoms in total. The third kappa shape index (κ3) is 4.96. The number of nitrogens with one attached hydrogen (secondary N) is 1. The topological polar surface area (TPSA) is 112 Å². The summed E-state index contributed by atoms with van der Waals surface area (Å²) in [6, 6.07) is 14.2. The van der Waals surface area contributed by atoms with Crippen LogP contribution >= 0.6 is 11.6 Å². The predicted molar refractivity (Wildman–Crippen MR) is 131 cm³/mol. The molecule has 0 fully saturated rings. The van der Waals surface area contributed by atoms with E-state index in [-0.39, 0.29) is 9.92 Å². The van der Waals surface area contributed by atoms with Gasteiger partial charge in [0.25, 0.3) is 0 Å². The Bertz CT molecular complexity index is 1390. The van der Waals surface area contributed by atoms with Gasteiger partial charge in [-0.25, -0.2) is 23.1 Å². The highest BCUT2D eigenvalue weighted by atomic mass is 35.5. The van der Waals surface area contributed by atoms with Crippen molar-refractivity contribution < 1.29 is 13.2 Å². The van der Waals surface area contributed by atoms with E-state index in [1.54, 1.807) is 25.3 Å². The van der Waals surface area contributed by atoms with Crippen molar-refractivity contribution in [3.63, 3.8) is 0 Å². The van der Waals surface area contributed by atoms with Gasteiger partial charge in [0, 0.05) is 32.0 Å². The molecule has 2 heterocycles. The van der Waals surface area contributed by atoms with Gasteiger partial charge in [0.1, 0.15) is 16.2 Å². The summed E-state index contributed by atoms with van der Waals surface area (Å²) in [5, 5.41) is 1.19. The van der Waals surface area contributed by atoms with Crippen LogP contribution in [0.3, 0.4) is 0 Å². The van der Waals surface area contributed by atoms with E-state index < -0.39 is 10.0 Å². The number of pyridine rings is 1. The first kappa shape index (κ1) is 23.4. The molecule has 0 radical (unpaired) electrons. The maximum atomic E-state index is 12.5. The minimum atomic E-state index is -3.66. The molecular weight excluding hydrogens is 462 g/mol. The van der Waals surface area contributed by atoms with E-state index in [0.29, 0.717) is 43.9 Å². The lowest BCUT2D eigenvalue weighted by Crippen LogP contribution is -2.25. The minimum Gasteiger partial charge on any atom is -0.384 e. The number of imidazole rings is 1. The van der Waals surface area contributed by atoms with Crippen LogP contribution in [0.15, 0.2) is 53.4 Å². The first-order chi connectivity index (χ1) is 15.9. The Morgan fingerprint density at radius 3 is 2.64 bits per heavy atom. The van der Waals surface area contributed by atoms with Gasteiger partial charge < -0.3 is 15.0 Å². The quantitative estimate of drug-likeness (QED) is 0.329. The molecule has 0 aliphatic heterocycles. The van der Waals surface area contributed by atoms with E-state index in [9.17, 15) is 8.42 Å². The number of aryl methyl sites for hydroxylation is 1. The normalized spacial score (nSPS) is 12.1. The summed E-state index contributed by atoms with van der Waals surface area (Å²) in [4.78, 5) is 9.34. The van der Waals surface area contributed by atoms with Gasteiger partial charge in [-0.05, 0) is 31.0 Å². The number of para-hydroxylation sites is 1. The molecule has 0 aliphatic carbocycles. The number of nitrogen functional groups attached to an aromatic ring is 1. The van der Waals surface area contributed by atoms with Crippen LogP contribution in [0.25, 0.3) is 21.9 Å². The summed E-state index contributed by atoms with van der Waals surface area (Å²) < 4.78 is 35.1. The van der Waals surface area contributed by atoms with Gasteiger partial charge in [0.05, 0.1) is 22.7 Å². The standard InChI is InChI=1S/C23H26ClN5O3S/c1-32-15-12-20-28-21-22(16-8-2-4-10-18(16)27-23(21)25)29(20)14-7-6-13-26-33(30,31)19-11-5-3-9-17(19)24/h2-5,8-11,26H,6-7,12-15H2,1H3,(H2,25,27). The Balaban J connectivity index is 1.52. The molecule has 0 saturated heterocycles. The van der Waals surface area contributed by atoms with Crippen molar-refractivity contribution in [2.45, 2.75) is 30.7 Å². The van der Waals surface area contributed by atoms with Crippen molar-refractivity contribution in [1.29, 1.82) is 0 Å². The largest absolute Gasteiger partial charge is 0.384 e. The van der Waals surface area contributed by atoms with Gasteiger partial charge in [-0.1, -0.05) is 41.9 Å². The van der Waals surface area contributed by atoms with E-state index >= 15 is 0 Å². The van der Waals surface area contributed by atoms with Crippen LogP contribution in [0.5, 0.6) is 0 Å². The number of anilines is 1. The van der Waals surface area contributed by atoms with Crippen LogP contribution in [0.4, 0.5) is 5.82 Å². The van der Waals surface area contributed by atoms with Crippen LogP contribution in [-0.4, -0.2) is 43.2 Å². The summed E-state index contributed by atoms with van der Waals surface area (Å²) >= 11 is 6.04. The summed E-state index contributed by atoms with van der Waals surface area (Å²) in [5.41, 5.74) is 8.66. The highest BCUT2D eigenvalue weighted by Gasteiger charge is 2.18. The molecule has 0 unspecified atom stereocenters. The number of hydrogen-bond acceptors (Lipinski definition) is 6. The molecule has 0 amide bonds. The zero-order valence-corrected chi connectivity index (χ0v) is 19.9. The van der Waals surface area contributed by atoms with Crippen LogP contribution in [0.2, 0.25) is 5.02 Å². The summed E-state index contributed by atoms with van der Waals surface area (Å²) in [6.07, 6.45) is 2.02. The van der Waals surface area contributed by atoms with E-state index in [4.69, 9.17) is 27.1 Å². The number of nitrogens with zero attached hydrogens (tertiary/aromatic N) is 3. The number of benzene rings is 2. The molecule has 0 spiro atoms. The minimum absolute atomic E-state index is 0.0866. The number of aromatic nitrogens is 3. The molecule has 174 valence electrons. The number of halogens is 1. The second kappa shape index (κ2) is 10.0. The molecule has 0 saturated carbocycles. The number of sulfonamides is 1. The van der Waals surface area contributed by atoms with Crippen molar-refractivity contribution in [3.05, 3.63) is 59.4 Å². The highest BCUT2D eigenvalue weighted by Crippen LogP contribution is 2.29. The fourth-order valence-electron chi connectivity index (χ4n) is 3.87. The third-order valence-corrected chi connectivity index (χ3v) is 7.41. The van der Waals surface area contributed by atoms with E-state index in [1.165, 1.54) is 6.07 Å². The molecule has 4 rings (SSSR count). The molecule has 0 bridgehead atoms. The number of fused-ring (bicyclic) bond motifs is 3. The average molecular weight is 488 g/mol. The number of unbranched alkanes of at least 4 members (excludes halogenated alkanes) is 1. The van der Waals surface area contributed by atoms with Gasteiger partial charge in [-0.3, -0.25) is 0 Å². The molecule has 2 aromatic heterocycles. The number of nitrogens with two attached hydrogens (primary N) is 1. The Morgan fingerprint density at radius 1 is 1.09 bits per heavy atom. The molecule has 10 heteroatoms. The lowest BCUT2D eigenvalue weighted by atomic mass is 10.2. The van der Waals surface area contributed by atoms with Crippen molar-refractivity contribution in [2.75, 3.05) is 26.0 Å². The van der Waals surface area contributed by atoms with Crippen molar-refractivity contribution >= 4 is 49.4 Å². The third-order valence-electron chi connectivity index (χ3n) is 5.45. The van der Waals surface area contributed by atoms with Gasteiger partial charge in [0.15, 0.2) is 5.82 Å². The maximum absolute atomic E-state index is 12.5. The molecule has 0 aliphatic rings. The number of ether oxygens (including phenoxy) is 1. The van der Waals surface area contributed by atoms with E-state index in [2.05, 4.69) is 14.3 Å². The van der Waals surface area contributed by atoms with E-state index in [0.717, 1.165) is 28.7 Å². The van der Waals surface area contributed by atoms with Gasteiger partial charge in [-0.15, -0.1) is 0 Å². The predicted octanol–water partition coefficient (Wildman–Crippen LogP) is 3.77. The van der Waals surface area contributed by atoms with Gasteiger partial charge >= 0.3 is 0 Å². The van der Waals surface area contributed by atoms with Crippen LogP contribution < -0.4 is 10.5 Å². The van der Waals surface area contributed by atoms with Gasteiger partial charge in [0.2, 0.25) is 10.0 Å². The lowest BCUT2D eigenvalue weighted by molar-refractivity contribution is 0.199. The summed E-state index contributed by atoms with van der Waals surface area (Å²) in [5.74, 6) is 1.27.